The van der Waals surface area contributed by atoms with Gasteiger partial charge in [0.2, 0.25) is 0 Å². The van der Waals surface area contributed by atoms with E-state index in [9.17, 15) is 0 Å². The lowest BCUT2D eigenvalue weighted by molar-refractivity contribution is 0.669. The molecule has 0 aliphatic carbocycles. The van der Waals surface area contributed by atoms with Crippen LogP contribution >= 0.6 is 0 Å². The molecule has 0 radical (unpaired) electrons. The molecular weight excluding hydrogens is 839 g/mol. The van der Waals surface area contributed by atoms with Crippen LogP contribution in [0.15, 0.2) is 270 Å². The first-order chi connectivity index (χ1) is 34.2. The summed E-state index contributed by atoms with van der Waals surface area (Å²) in [6.07, 6.45) is 0. The summed E-state index contributed by atoms with van der Waals surface area (Å²) in [5, 5.41) is 4.50. The van der Waals surface area contributed by atoms with Gasteiger partial charge in [0, 0.05) is 49.7 Å². The summed E-state index contributed by atoms with van der Waals surface area (Å²) in [5.74, 6) is 0. The van der Waals surface area contributed by atoms with E-state index in [-0.39, 0.29) is 0 Å². The minimum atomic E-state index is 0.896. The van der Waals surface area contributed by atoms with Crippen molar-refractivity contribution in [2.24, 2.45) is 0 Å². The second kappa shape index (κ2) is 16.9. The van der Waals surface area contributed by atoms with Gasteiger partial charge in [-0.25, -0.2) is 0 Å². The van der Waals surface area contributed by atoms with Crippen LogP contribution in [0, 0.1) is 0 Å². The second-order valence-electron chi connectivity index (χ2n) is 17.6. The van der Waals surface area contributed by atoms with Crippen molar-refractivity contribution in [1.29, 1.82) is 0 Å². The number of rotatable bonds is 9. The summed E-state index contributed by atoms with van der Waals surface area (Å²) in [7, 11) is 0. The van der Waals surface area contributed by atoms with Crippen molar-refractivity contribution in [2.45, 2.75) is 0 Å². The number of benzene rings is 11. The molecule has 0 fully saturated rings. The third-order valence-electron chi connectivity index (χ3n) is 13.5. The highest BCUT2D eigenvalue weighted by Crippen LogP contribution is 2.42. The Hall–Kier alpha value is -9.18. The third-order valence-corrected chi connectivity index (χ3v) is 13.5. The first-order valence-corrected chi connectivity index (χ1v) is 23.5. The van der Waals surface area contributed by atoms with Crippen molar-refractivity contribution >= 4 is 60.9 Å². The molecule has 0 unspecified atom stereocenters. The zero-order chi connectivity index (χ0) is 45.7. The molecular formula is C66H43NO2. The largest absolute Gasteiger partial charge is 0.455 e. The fraction of sp³-hybridized carbons (Fsp3) is 0. The Morgan fingerprint density at radius 3 is 0.928 bits per heavy atom. The van der Waals surface area contributed by atoms with Crippen LogP contribution in [0.3, 0.4) is 0 Å². The number of hydrogen-bond acceptors (Lipinski definition) is 3. The van der Waals surface area contributed by atoms with Gasteiger partial charge in [-0.15, -0.1) is 0 Å². The van der Waals surface area contributed by atoms with E-state index in [2.05, 4.69) is 241 Å². The van der Waals surface area contributed by atoms with E-state index in [0.29, 0.717) is 0 Å². The van der Waals surface area contributed by atoms with E-state index in [4.69, 9.17) is 8.83 Å². The SMILES string of the molecule is c1ccc(-c2cc(-c3ccccc3)cc(-c3ccc(-c4ccc(N(c5ccc(-c6cccc7c6oc6ccccc67)cc5)c5ccc(-c6cccc7c6oc6ccccc67)cc5)cc4)cc3)c2)cc1. The standard InChI is InChI=1S/C66H43NO2/c1-3-13-44(14-4-1)51-41-52(45-15-5-2-6-16-45)43-53(42-51)48-27-25-46(26-28-48)47-29-35-54(36-30-47)67(55-37-31-49(32-38-55)57-19-11-21-61-59-17-7-9-23-63(59)68-65(57)61)56-39-33-50(34-40-56)58-20-12-22-62-60-18-8-10-24-64(60)69-66(58)62/h1-43H. The van der Waals surface area contributed by atoms with Crippen LogP contribution in [0.1, 0.15) is 0 Å². The van der Waals surface area contributed by atoms with Gasteiger partial charge in [-0.2, -0.15) is 0 Å². The van der Waals surface area contributed by atoms with Crippen LogP contribution in [0.5, 0.6) is 0 Å². The Kier molecular flexibility index (Phi) is 9.84. The van der Waals surface area contributed by atoms with Gasteiger partial charge in [0.15, 0.2) is 0 Å². The fourth-order valence-electron chi connectivity index (χ4n) is 10.0. The van der Waals surface area contributed by atoms with Gasteiger partial charge in [-0.1, -0.05) is 194 Å². The van der Waals surface area contributed by atoms with Gasteiger partial charge in [0.1, 0.15) is 22.3 Å². The van der Waals surface area contributed by atoms with E-state index in [1.54, 1.807) is 0 Å². The molecule has 2 heterocycles. The fourth-order valence-corrected chi connectivity index (χ4v) is 10.0. The molecule has 0 aliphatic heterocycles. The van der Waals surface area contributed by atoms with Gasteiger partial charge in [0.25, 0.3) is 0 Å². The van der Waals surface area contributed by atoms with Crippen molar-refractivity contribution in [1.82, 2.24) is 0 Å². The maximum Gasteiger partial charge on any atom is 0.143 e. The summed E-state index contributed by atoms with van der Waals surface area (Å²) in [4.78, 5) is 2.33. The molecule has 3 nitrogen and oxygen atoms in total. The number of anilines is 3. The van der Waals surface area contributed by atoms with Crippen LogP contribution in [0.2, 0.25) is 0 Å². The van der Waals surface area contributed by atoms with E-state index in [0.717, 1.165) is 94.3 Å². The molecule has 69 heavy (non-hydrogen) atoms. The van der Waals surface area contributed by atoms with Crippen LogP contribution < -0.4 is 4.90 Å². The molecule has 0 bridgehead atoms. The molecule has 0 amide bonds. The van der Waals surface area contributed by atoms with Crippen LogP contribution in [-0.4, -0.2) is 0 Å². The molecule has 0 spiro atoms. The Labute approximate surface area is 400 Å². The van der Waals surface area contributed by atoms with E-state index in [1.807, 2.05) is 24.3 Å². The number of furan rings is 2. The lowest BCUT2D eigenvalue weighted by Gasteiger charge is -2.26. The minimum absolute atomic E-state index is 0.896. The second-order valence-corrected chi connectivity index (χ2v) is 17.6. The number of para-hydroxylation sites is 4. The van der Waals surface area contributed by atoms with Crippen molar-refractivity contribution in [3.8, 4) is 66.8 Å². The highest BCUT2D eigenvalue weighted by molar-refractivity contribution is 6.10. The molecule has 13 aromatic rings. The predicted molar refractivity (Wildman–Crippen MR) is 288 cm³/mol. The summed E-state index contributed by atoms with van der Waals surface area (Å²) in [6, 6.07) is 93.0. The summed E-state index contributed by atoms with van der Waals surface area (Å²) < 4.78 is 12.9. The Morgan fingerprint density at radius 2 is 0.522 bits per heavy atom. The van der Waals surface area contributed by atoms with Gasteiger partial charge in [-0.3, -0.25) is 0 Å². The molecule has 0 N–H and O–H groups in total. The molecule has 0 aliphatic rings. The first-order valence-electron chi connectivity index (χ1n) is 23.5. The van der Waals surface area contributed by atoms with Crippen molar-refractivity contribution in [2.75, 3.05) is 4.90 Å². The smallest absolute Gasteiger partial charge is 0.143 e. The molecule has 0 atom stereocenters. The topological polar surface area (TPSA) is 29.5 Å². The van der Waals surface area contributed by atoms with Crippen molar-refractivity contribution in [3.05, 3.63) is 261 Å². The van der Waals surface area contributed by atoms with Gasteiger partial charge >= 0.3 is 0 Å². The number of fused-ring (bicyclic) bond motifs is 6. The molecule has 324 valence electrons. The molecule has 13 rings (SSSR count). The van der Waals surface area contributed by atoms with Crippen molar-refractivity contribution < 1.29 is 8.83 Å². The highest BCUT2D eigenvalue weighted by atomic mass is 16.3. The molecule has 0 saturated carbocycles. The molecule has 3 heteroatoms. The van der Waals surface area contributed by atoms with Crippen LogP contribution in [0.4, 0.5) is 17.1 Å². The lowest BCUT2D eigenvalue weighted by atomic mass is 9.92. The molecule has 2 aromatic heterocycles. The van der Waals surface area contributed by atoms with Gasteiger partial charge in [-0.05, 0) is 122 Å². The number of hydrogen-bond donors (Lipinski definition) is 0. The van der Waals surface area contributed by atoms with Crippen molar-refractivity contribution in [3.63, 3.8) is 0 Å². The van der Waals surface area contributed by atoms with E-state index in [1.165, 1.54) is 33.4 Å². The lowest BCUT2D eigenvalue weighted by Crippen LogP contribution is -2.09. The summed E-state index contributed by atoms with van der Waals surface area (Å²) >= 11 is 0. The monoisotopic (exact) mass is 881 g/mol. The Morgan fingerprint density at radius 1 is 0.217 bits per heavy atom. The normalized spacial score (nSPS) is 11.5. The van der Waals surface area contributed by atoms with Gasteiger partial charge < -0.3 is 13.7 Å². The van der Waals surface area contributed by atoms with E-state index < -0.39 is 0 Å². The highest BCUT2D eigenvalue weighted by Gasteiger charge is 2.18. The maximum atomic E-state index is 6.45. The summed E-state index contributed by atoms with van der Waals surface area (Å²) in [6.45, 7) is 0. The average Bonchev–Trinajstić information content (AvgIpc) is 4.01. The van der Waals surface area contributed by atoms with E-state index >= 15 is 0 Å². The first kappa shape index (κ1) is 40.1. The third kappa shape index (κ3) is 7.34. The molecule has 0 saturated heterocycles. The maximum absolute atomic E-state index is 6.45. The van der Waals surface area contributed by atoms with Gasteiger partial charge in [0.05, 0.1) is 0 Å². The number of nitrogens with zero attached hydrogens (tertiary/aromatic N) is 1. The summed E-state index contributed by atoms with van der Waals surface area (Å²) in [5.41, 5.74) is 20.6. The quantitative estimate of drug-likeness (QED) is 0.145. The molecule has 11 aromatic carbocycles. The van der Waals surface area contributed by atoms with Crippen LogP contribution in [0.25, 0.3) is 111 Å². The van der Waals surface area contributed by atoms with Crippen LogP contribution in [-0.2, 0) is 0 Å². The Balaban J connectivity index is 0.851. The Bertz CT molecular complexity index is 3750. The predicted octanol–water partition coefficient (Wildman–Crippen LogP) is 19.0. The zero-order valence-corrected chi connectivity index (χ0v) is 37.6. The zero-order valence-electron chi connectivity index (χ0n) is 37.6. The minimum Gasteiger partial charge on any atom is -0.455 e. The average molecular weight is 882 g/mol.